The predicted molar refractivity (Wildman–Crippen MR) is 231 cm³/mol. The molecule has 293 valence electrons. The van der Waals surface area contributed by atoms with E-state index in [2.05, 4.69) is 116 Å². The molecule has 1 N–H and O–H groups in total. The first-order chi connectivity index (χ1) is 24.8. The van der Waals surface area contributed by atoms with E-state index in [4.69, 9.17) is 4.98 Å². The van der Waals surface area contributed by atoms with E-state index in [9.17, 15) is 9.90 Å². The van der Waals surface area contributed by atoms with Gasteiger partial charge >= 0.3 is 0 Å². The monoisotopic (exact) mass is 923 g/mol. The summed E-state index contributed by atoms with van der Waals surface area (Å²) in [6.07, 6.45) is 5.86. The van der Waals surface area contributed by atoms with Crippen molar-refractivity contribution in [2.45, 2.75) is 134 Å². The van der Waals surface area contributed by atoms with Crippen molar-refractivity contribution >= 4 is 38.1 Å². The number of hydrogen-bond acceptors (Lipinski definition) is 4. The SMILES string of the molecule is CCC(C)(CC)C(=O)/C=C(\O)C(C)(CC)CC.Cc1cc2c(-c3c(C)cc(CC(C)C)cc3C)cc(-c3[c-]c4ccccc4c(C(C)(C)C)c3)nc2s1.[Ir]. The van der Waals surface area contributed by atoms with Crippen molar-refractivity contribution in [3.8, 4) is 22.4 Å². The minimum absolute atomic E-state index is 0. The molecule has 5 heteroatoms. The Morgan fingerprint density at radius 1 is 0.833 bits per heavy atom. The van der Waals surface area contributed by atoms with Gasteiger partial charge in [0.1, 0.15) is 10.6 Å². The normalized spacial score (nSPS) is 12.5. The average molecular weight is 923 g/mol. The van der Waals surface area contributed by atoms with Gasteiger partial charge in [0.25, 0.3) is 0 Å². The third-order valence-corrected chi connectivity index (χ3v) is 12.5. The van der Waals surface area contributed by atoms with Gasteiger partial charge in [0.2, 0.25) is 0 Å². The Labute approximate surface area is 344 Å². The number of nitrogens with zero attached hydrogens (tertiary/aromatic N) is 1. The van der Waals surface area contributed by atoms with Crippen LogP contribution in [0.25, 0.3) is 43.4 Å². The fraction of sp³-hybridized carbons (Fsp3) is 0.469. The first-order valence-corrected chi connectivity index (χ1v) is 20.6. The Bertz CT molecular complexity index is 2080. The largest absolute Gasteiger partial charge is 0.512 e. The predicted octanol–water partition coefficient (Wildman–Crippen LogP) is 14.7. The summed E-state index contributed by atoms with van der Waals surface area (Å²) in [5.74, 6) is 0.933. The summed E-state index contributed by atoms with van der Waals surface area (Å²) in [5.41, 5.74) is 9.55. The number of pyridine rings is 1. The van der Waals surface area contributed by atoms with Crippen LogP contribution in [0.4, 0.5) is 0 Å². The van der Waals surface area contributed by atoms with Crippen LogP contribution in [0.1, 0.15) is 129 Å². The van der Waals surface area contributed by atoms with Gasteiger partial charge in [-0.05, 0) is 98.1 Å². The molecule has 5 aromatic rings. The Morgan fingerprint density at radius 2 is 1.41 bits per heavy atom. The van der Waals surface area contributed by atoms with Crippen molar-refractivity contribution in [1.29, 1.82) is 0 Å². The number of hydrogen-bond donors (Lipinski definition) is 1. The molecule has 0 atom stereocenters. The molecular formula is C49H64IrNO2S-. The molecule has 3 nitrogen and oxygen atoms in total. The Morgan fingerprint density at radius 3 is 1.94 bits per heavy atom. The molecule has 0 aliphatic carbocycles. The topological polar surface area (TPSA) is 50.2 Å². The van der Waals surface area contributed by atoms with E-state index < -0.39 is 0 Å². The summed E-state index contributed by atoms with van der Waals surface area (Å²) in [5, 5.41) is 13.8. The second-order valence-corrected chi connectivity index (χ2v) is 18.4. The minimum atomic E-state index is -0.337. The van der Waals surface area contributed by atoms with Gasteiger partial charge in [-0.25, -0.2) is 0 Å². The second-order valence-electron chi connectivity index (χ2n) is 17.2. The van der Waals surface area contributed by atoms with Crippen LogP contribution < -0.4 is 0 Å². The van der Waals surface area contributed by atoms with Crippen molar-refractivity contribution in [2.75, 3.05) is 0 Å². The molecule has 0 bridgehead atoms. The molecule has 0 unspecified atom stereocenters. The van der Waals surface area contributed by atoms with Crippen molar-refractivity contribution in [3.05, 3.63) is 99.6 Å². The number of benzene rings is 3. The van der Waals surface area contributed by atoms with Crippen LogP contribution in [0.5, 0.6) is 0 Å². The molecule has 3 aromatic carbocycles. The number of aryl methyl sites for hydroxylation is 3. The standard InChI is InChI=1S/C34H36NS.C15H28O2.Ir/c1-20(2)13-24-14-21(3)32(22(4)15-24)28-19-31(35-33-29(28)16-23(5)36-33)26-17-25-11-9-10-12-27(25)30(18-26)34(6,7)8;1-7-14(5,8-2)12(16)11-13(17)15(6,9-3)10-4;/h9-12,14-16,18-20H,13H2,1-8H3;11,16H,7-10H2,1-6H3;/q-1;;/b;12-11-;. The smallest absolute Gasteiger partial charge is 0.164 e. The molecular weight excluding hydrogens is 859 g/mol. The number of carbonyl (C=O) groups excluding carboxylic acids is 1. The summed E-state index contributed by atoms with van der Waals surface area (Å²) in [4.78, 5) is 19.8. The summed E-state index contributed by atoms with van der Waals surface area (Å²) in [7, 11) is 0. The van der Waals surface area contributed by atoms with Gasteiger partial charge in [-0.1, -0.05) is 124 Å². The van der Waals surface area contributed by atoms with Gasteiger partial charge in [-0.15, -0.1) is 40.5 Å². The molecule has 0 amide bonds. The molecule has 0 aliphatic rings. The van der Waals surface area contributed by atoms with Crippen LogP contribution >= 0.6 is 11.3 Å². The van der Waals surface area contributed by atoms with Crippen LogP contribution in [0.3, 0.4) is 0 Å². The van der Waals surface area contributed by atoms with Crippen LogP contribution in [-0.2, 0) is 36.7 Å². The number of allylic oxidation sites excluding steroid dienone is 2. The summed E-state index contributed by atoms with van der Waals surface area (Å²) < 4.78 is 0. The molecule has 0 aliphatic heterocycles. The number of ketones is 1. The molecule has 0 fully saturated rings. The number of aromatic nitrogens is 1. The van der Waals surface area contributed by atoms with Gasteiger partial charge in [0.05, 0.1) is 0 Å². The van der Waals surface area contributed by atoms with E-state index in [-0.39, 0.29) is 47.9 Å². The average Bonchev–Trinajstić information content (AvgIpc) is 3.49. The molecule has 0 spiro atoms. The number of fused-ring (bicyclic) bond motifs is 2. The van der Waals surface area contributed by atoms with E-state index in [0.29, 0.717) is 5.92 Å². The van der Waals surface area contributed by atoms with E-state index in [1.54, 1.807) is 11.3 Å². The van der Waals surface area contributed by atoms with Gasteiger partial charge in [-0.3, -0.25) is 9.78 Å². The van der Waals surface area contributed by atoms with Crippen LogP contribution in [-0.4, -0.2) is 15.9 Å². The van der Waals surface area contributed by atoms with Crippen molar-refractivity contribution in [2.24, 2.45) is 16.7 Å². The van der Waals surface area contributed by atoms with Crippen molar-refractivity contribution in [1.82, 2.24) is 4.98 Å². The fourth-order valence-electron chi connectivity index (χ4n) is 7.22. The summed E-state index contributed by atoms with van der Waals surface area (Å²) in [6, 6.07) is 24.0. The van der Waals surface area contributed by atoms with E-state index in [1.165, 1.54) is 55.1 Å². The maximum absolute atomic E-state index is 12.2. The first-order valence-electron chi connectivity index (χ1n) is 19.7. The van der Waals surface area contributed by atoms with E-state index in [0.717, 1.165) is 53.6 Å². The quantitative estimate of drug-likeness (QED) is 0.0816. The maximum Gasteiger partial charge on any atom is 0.164 e. The van der Waals surface area contributed by atoms with Crippen molar-refractivity contribution < 1.29 is 30.0 Å². The van der Waals surface area contributed by atoms with Crippen LogP contribution in [0.2, 0.25) is 0 Å². The zero-order chi connectivity index (χ0) is 39.5. The van der Waals surface area contributed by atoms with E-state index >= 15 is 0 Å². The summed E-state index contributed by atoms with van der Waals surface area (Å²) in [6.45, 7) is 30.2. The molecule has 5 rings (SSSR count). The second kappa shape index (κ2) is 18.2. The third kappa shape index (κ3) is 10.00. The number of rotatable bonds is 11. The Kier molecular flexibility index (Phi) is 15.3. The first kappa shape index (κ1) is 45.3. The van der Waals surface area contributed by atoms with Gasteiger partial charge in [-0.2, -0.15) is 0 Å². The fourth-order valence-corrected chi connectivity index (χ4v) is 8.12. The van der Waals surface area contributed by atoms with Gasteiger partial charge in [0, 0.05) is 53.0 Å². The number of thiophene rings is 1. The van der Waals surface area contributed by atoms with Gasteiger partial charge < -0.3 is 5.11 Å². The molecule has 2 aromatic heterocycles. The molecule has 0 saturated carbocycles. The zero-order valence-corrected chi connectivity index (χ0v) is 38.6. The van der Waals surface area contributed by atoms with Crippen molar-refractivity contribution in [3.63, 3.8) is 0 Å². The molecule has 2 heterocycles. The number of carbonyl (C=O) groups is 1. The van der Waals surface area contributed by atoms with Crippen LogP contribution in [0.15, 0.2) is 66.4 Å². The third-order valence-electron chi connectivity index (χ3n) is 11.6. The number of aliphatic hydroxyl groups excluding tert-OH is 1. The summed E-state index contributed by atoms with van der Waals surface area (Å²) >= 11 is 1.78. The molecule has 54 heavy (non-hydrogen) atoms. The van der Waals surface area contributed by atoms with Gasteiger partial charge in [0.15, 0.2) is 5.78 Å². The Hall–Kier alpha value is -3.11. The van der Waals surface area contributed by atoms with E-state index in [1.807, 2.05) is 41.5 Å². The Balaban J connectivity index is 0.000000372. The zero-order valence-electron chi connectivity index (χ0n) is 35.4. The van der Waals surface area contributed by atoms with Crippen LogP contribution in [0, 0.1) is 43.6 Å². The molecule has 0 saturated heterocycles. The minimum Gasteiger partial charge on any atom is -0.512 e. The molecule has 1 radical (unpaired) electrons. The maximum atomic E-state index is 12.2. The number of aliphatic hydroxyl groups is 1.